The molecule has 1 aliphatic rings. The highest BCUT2D eigenvalue weighted by Gasteiger charge is 2.15. The Balaban J connectivity index is 1.54. The van der Waals surface area contributed by atoms with Crippen molar-refractivity contribution < 1.29 is 9.53 Å². The van der Waals surface area contributed by atoms with Gasteiger partial charge in [-0.05, 0) is 23.8 Å². The molecule has 1 N–H and O–H groups in total. The van der Waals surface area contributed by atoms with Crippen molar-refractivity contribution in [1.82, 2.24) is 0 Å². The van der Waals surface area contributed by atoms with Crippen LogP contribution in [0.3, 0.4) is 0 Å². The number of thioether (sulfide) groups is 1. The van der Waals surface area contributed by atoms with Crippen molar-refractivity contribution in [1.29, 1.82) is 0 Å². The summed E-state index contributed by atoms with van der Waals surface area (Å²) < 4.78 is 6.07. The van der Waals surface area contributed by atoms with Crippen LogP contribution in [0.15, 0.2) is 48.5 Å². The van der Waals surface area contributed by atoms with Gasteiger partial charge in [-0.3, -0.25) is 4.79 Å². The summed E-state index contributed by atoms with van der Waals surface area (Å²) in [5.74, 6) is 0.153. The van der Waals surface area contributed by atoms with Crippen LogP contribution < -0.4 is 10.2 Å². The Morgan fingerprint density at radius 3 is 2.62 bits per heavy atom. The van der Waals surface area contributed by atoms with Gasteiger partial charge in [0.15, 0.2) is 0 Å². The van der Waals surface area contributed by atoms with E-state index in [0.29, 0.717) is 28.1 Å². The number of amides is 1. The summed E-state index contributed by atoms with van der Waals surface area (Å²) in [6.45, 7) is 3.04. The zero-order chi connectivity index (χ0) is 18.4. The quantitative estimate of drug-likeness (QED) is 0.753. The van der Waals surface area contributed by atoms with Gasteiger partial charge in [0.1, 0.15) is 0 Å². The summed E-state index contributed by atoms with van der Waals surface area (Å²) in [5.41, 5.74) is 2.61. The Morgan fingerprint density at radius 1 is 1.19 bits per heavy atom. The fourth-order valence-electron chi connectivity index (χ4n) is 2.63. The van der Waals surface area contributed by atoms with Gasteiger partial charge < -0.3 is 15.0 Å². The van der Waals surface area contributed by atoms with E-state index in [1.165, 1.54) is 11.8 Å². The van der Waals surface area contributed by atoms with E-state index in [1.807, 2.05) is 42.5 Å². The van der Waals surface area contributed by atoms with Gasteiger partial charge in [0, 0.05) is 18.8 Å². The molecule has 0 atom stereocenters. The third kappa shape index (κ3) is 5.20. The molecule has 7 heteroatoms. The fourth-order valence-corrected chi connectivity index (χ4v) is 3.88. The molecular formula is C19H19ClN2O2S2. The molecule has 0 saturated carbocycles. The molecule has 0 radical (unpaired) electrons. The third-order valence-electron chi connectivity index (χ3n) is 3.93. The second kappa shape index (κ2) is 9.37. The number of halogens is 1. The lowest BCUT2D eigenvalue weighted by atomic mass is 10.2. The molecule has 136 valence electrons. The normalized spacial score (nSPS) is 14.1. The van der Waals surface area contributed by atoms with Gasteiger partial charge in [-0.2, -0.15) is 0 Å². The number of carbonyl (C=O) groups is 1. The van der Waals surface area contributed by atoms with E-state index in [1.54, 1.807) is 6.07 Å². The first kappa shape index (κ1) is 19.2. The number of hydrogen-bond acceptors (Lipinski definition) is 5. The highest BCUT2D eigenvalue weighted by Crippen LogP contribution is 2.29. The van der Waals surface area contributed by atoms with Gasteiger partial charge in [-0.1, -0.05) is 54.2 Å². The molecule has 1 saturated heterocycles. The van der Waals surface area contributed by atoms with Gasteiger partial charge in [-0.15, -0.1) is 11.8 Å². The van der Waals surface area contributed by atoms with E-state index in [9.17, 15) is 4.79 Å². The van der Waals surface area contributed by atoms with Crippen LogP contribution in [0.2, 0.25) is 5.02 Å². The number of nitrogens with one attached hydrogen (secondary N) is 1. The van der Waals surface area contributed by atoms with Crippen molar-refractivity contribution in [3.63, 3.8) is 0 Å². The van der Waals surface area contributed by atoms with Crippen molar-refractivity contribution >= 4 is 57.1 Å². The molecule has 1 amide bonds. The molecule has 0 aliphatic carbocycles. The Morgan fingerprint density at radius 2 is 1.92 bits per heavy atom. The summed E-state index contributed by atoms with van der Waals surface area (Å²) >= 11 is 13.1. The molecule has 2 aromatic carbocycles. The van der Waals surface area contributed by atoms with Crippen LogP contribution in [0.25, 0.3) is 0 Å². The highest BCUT2D eigenvalue weighted by atomic mass is 35.5. The van der Waals surface area contributed by atoms with Crippen molar-refractivity contribution in [3.05, 3.63) is 59.1 Å². The predicted octanol–water partition coefficient (Wildman–Crippen LogP) is 4.22. The maximum absolute atomic E-state index is 12.2. The second-order valence-electron chi connectivity index (χ2n) is 5.76. The number of carbonyl (C=O) groups excluding carboxylic acids is 1. The van der Waals surface area contributed by atoms with Crippen LogP contribution in [-0.2, 0) is 9.53 Å². The van der Waals surface area contributed by atoms with Crippen molar-refractivity contribution in [2.75, 3.05) is 42.3 Å². The zero-order valence-corrected chi connectivity index (χ0v) is 16.5. The number of benzene rings is 2. The number of thiocarbonyl (C=S) groups is 1. The van der Waals surface area contributed by atoms with Crippen LogP contribution in [-0.4, -0.2) is 42.2 Å². The molecule has 0 unspecified atom stereocenters. The first-order valence-electron chi connectivity index (χ1n) is 8.28. The molecule has 3 rings (SSSR count). The molecule has 4 nitrogen and oxygen atoms in total. The lowest BCUT2D eigenvalue weighted by Crippen LogP contribution is -2.36. The van der Waals surface area contributed by atoms with Gasteiger partial charge in [0.25, 0.3) is 0 Å². The number of nitrogens with zero attached hydrogens (tertiary/aromatic N) is 1. The lowest BCUT2D eigenvalue weighted by molar-refractivity contribution is -0.113. The van der Waals surface area contributed by atoms with Gasteiger partial charge >= 0.3 is 0 Å². The SMILES string of the molecule is O=C(CSC(=S)c1ccccc1)Nc1ccc(N2CCOCC2)c(Cl)c1. The molecule has 0 aromatic heterocycles. The second-order valence-corrected chi connectivity index (χ2v) is 7.82. The highest BCUT2D eigenvalue weighted by molar-refractivity contribution is 8.24. The minimum atomic E-state index is -0.108. The summed E-state index contributed by atoms with van der Waals surface area (Å²) in [4.78, 5) is 14.4. The number of rotatable bonds is 5. The molecule has 1 fully saturated rings. The van der Waals surface area contributed by atoms with E-state index < -0.39 is 0 Å². The van der Waals surface area contributed by atoms with Crippen LogP contribution in [0.5, 0.6) is 0 Å². The monoisotopic (exact) mass is 406 g/mol. The topological polar surface area (TPSA) is 41.6 Å². The van der Waals surface area contributed by atoms with Crippen LogP contribution in [0.1, 0.15) is 5.56 Å². The van der Waals surface area contributed by atoms with Crippen LogP contribution in [0, 0.1) is 0 Å². The summed E-state index contributed by atoms with van der Waals surface area (Å²) in [6, 6.07) is 15.3. The summed E-state index contributed by atoms with van der Waals surface area (Å²) in [5, 5.41) is 3.50. The first-order valence-corrected chi connectivity index (χ1v) is 10.0. The molecule has 1 heterocycles. The van der Waals surface area contributed by atoms with E-state index >= 15 is 0 Å². The largest absolute Gasteiger partial charge is 0.378 e. The lowest BCUT2D eigenvalue weighted by Gasteiger charge is -2.29. The third-order valence-corrected chi connectivity index (χ3v) is 5.72. The van der Waals surface area contributed by atoms with Gasteiger partial charge in [-0.25, -0.2) is 0 Å². The van der Waals surface area contributed by atoms with E-state index in [2.05, 4.69) is 10.2 Å². The molecule has 0 bridgehead atoms. The minimum Gasteiger partial charge on any atom is -0.378 e. The zero-order valence-electron chi connectivity index (χ0n) is 14.1. The van der Waals surface area contributed by atoms with Crippen molar-refractivity contribution in [2.45, 2.75) is 0 Å². The Kier molecular flexibility index (Phi) is 6.91. The standard InChI is InChI=1S/C19H19ClN2O2S2/c20-16-12-15(6-7-17(16)22-8-10-24-11-9-22)21-18(23)13-26-19(25)14-4-2-1-3-5-14/h1-7,12H,8-11,13H2,(H,21,23). The van der Waals surface area contributed by atoms with Crippen LogP contribution >= 0.6 is 35.6 Å². The van der Waals surface area contributed by atoms with E-state index in [0.717, 1.165) is 24.3 Å². The Labute approximate surface area is 167 Å². The van der Waals surface area contributed by atoms with Crippen molar-refractivity contribution in [3.8, 4) is 0 Å². The molecule has 1 aliphatic heterocycles. The Hall–Kier alpha value is -1.60. The smallest absolute Gasteiger partial charge is 0.234 e. The fraction of sp³-hybridized carbons (Fsp3) is 0.263. The average Bonchev–Trinajstić information content (AvgIpc) is 2.67. The molecule has 0 spiro atoms. The first-order chi connectivity index (χ1) is 12.6. The molecular weight excluding hydrogens is 388 g/mol. The van der Waals surface area contributed by atoms with E-state index in [4.69, 9.17) is 28.6 Å². The predicted molar refractivity (Wildman–Crippen MR) is 114 cm³/mol. The summed E-state index contributed by atoms with van der Waals surface area (Å²) in [7, 11) is 0. The average molecular weight is 407 g/mol. The number of hydrogen-bond donors (Lipinski definition) is 1. The number of morpholine rings is 1. The summed E-state index contributed by atoms with van der Waals surface area (Å²) in [6.07, 6.45) is 0. The number of anilines is 2. The Bertz CT molecular complexity index is 780. The van der Waals surface area contributed by atoms with E-state index in [-0.39, 0.29) is 11.7 Å². The maximum Gasteiger partial charge on any atom is 0.234 e. The van der Waals surface area contributed by atoms with Crippen LogP contribution in [0.4, 0.5) is 11.4 Å². The minimum absolute atomic E-state index is 0.108. The molecule has 2 aromatic rings. The van der Waals surface area contributed by atoms with Gasteiger partial charge in [0.05, 0.1) is 33.9 Å². The van der Waals surface area contributed by atoms with Crippen molar-refractivity contribution in [2.24, 2.45) is 0 Å². The molecule has 26 heavy (non-hydrogen) atoms. The van der Waals surface area contributed by atoms with Gasteiger partial charge in [0.2, 0.25) is 5.91 Å². The number of ether oxygens (including phenoxy) is 1. The maximum atomic E-state index is 12.2.